The molecule has 0 saturated carbocycles. The van der Waals surface area contributed by atoms with E-state index in [1.165, 1.54) is 6.92 Å². The van der Waals surface area contributed by atoms with Crippen molar-refractivity contribution in [3.8, 4) is 0 Å². The lowest BCUT2D eigenvalue weighted by atomic mass is 9.91. The maximum Gasteiger partial charge on any atom is 0.405 e. The van der Waals surface area contributed by atoms with Crippen LogP contribution in [0.4, 0.5) is 4.79 Å². The van der Waals surface area contributed by atoms with E-state index in [1.807, 2.05) is 31.2 Å². The molecule has 0 saturated heterocycles. The fourth-order valence-corrected chi connectivity index (χ4v) is 4.39. The van der Waals surface area contributed by atoms with Crippen LogP contribution in [0.3, 0.4) is 0 Å². The number of carboxylic acid groups (broad SMARTS) is 1. The van der Waals surface area contributed by atoms with Gasteiger partial charge in [-0.2, -0.15) is 0 Å². The second kappa shape index (κ2) is 15.2. The smallest absolute Gasteiger partial charge is 0.405 e. The molecular weight excluding hydrogens is 544 g/mol. The Morgan fingerprint density at radius 1 is 0.929 bits per heavy atom. The third-order valence-electron chi connectivity index (χ3n) is 6.56. The van der Waals surface area contributed by atoms with Crippen molar-refractivity contribution < 1.29 is 38.6 Å². The van der Waals surface area contributed by atoms with E-state index < -0.39 is 48.2 Å². The van der Waals surface area contributed by atoms with Crippen LogP contribution in [0.15, 0.2) is 60.8 Å². The number of carbonyl (C=O) groups excluding carboxylic acids is 4. The zero-order valence-corrected chi connectivity index (χ0v) is 23.6. The van der Waals surface area contributed by atoms with Gasteiger partial charge in [0.15, 0.2) is 0 Å². The predicted molar refractivity (Wildman–Crippen MR) is 153 cm³/mol. The summed E-state index contributed by atoms with van der Waals surface area (Å²) in [6.07, 6.45) is 0.850. The van der Waals surface area contributed by atoms with Crippen molar-refractivity contribution in [2.75, 3.05) is 13.3 Å². The molecular formula is C30H36N4O8. The average molecular weight is 581 g/mol. The van der Waals surface area contributed by atoms with Crippen molar-refractivity contribution in [1.29, 1.82) is 0 Å². The van der Waals surface area contributed by atoms with E-state index in [1.54, 1.807) is 36.5 Å². The summed E-state index contributed by atoms with van der Waals surface area (Å²) < 4.78 is 9.62. The molecule has 0 radical (unpaired) electrons. The second-order valence-corrected chi connectivity index (χ2v) is 9.94. The lowest BCUT2D eigenvalue weighted by molar-refractivity contribution is -0.167. The molecule has 12 nitrogen and oxygen atoms in total. The van der Waals surface area contributed by atoms with Crippen molar-refractivity contribution in [3.63, 3.8) is 0 Å². The molecule has 12 heteroatoms. The van der Waals surface area contributed by atoms with E-state index in [0.717, 1.165) is 16.5 Å². The van der Waals surface area contributed by atoms with Gasteiger partial charge in [-0.15, -0.1) is 0 Å². The van der Waals surface area contributed by atoms with Crippen molar-refractivity contribution in [2.24, 2.45) is 0 Å². The molecule has 1 aromatic heterocycles. The molecule has 5 N–H and O–H groups in total. The highest BCUT2D eigenvalue weighted by molar-refractivity contribution is 5.91. The minimum Gasteiger partial charge on any atom is -0.465 e. The SMILES string of the molecule is CCCC(=O)OCOC(=O)CCC(=O)NC(CNC(=O)C(C)(Cc1c[nH]c2ccccc12)NC(=O)O)c1ccccc1. The monoisotopic (exact) mass is 580 g/mol. The first-order valence-corrected chi connectivity index (χ1v) is 13.6. The summed E-state index contributed by atoms with van der Waals surface area (Å²) in [6, 6.07) is 15.7. The Labute approximate surface area is 243 Å². The molecule has 0 aliphatic carbocycles. The quantitative estimate of drug-likeness (QED) is 0.134. The number of esters is 2. The molecule has 224 valence electrons. The van der Waals surface area contributed by atoms with Gasteiger partial charge in [0.2, 0.25) is 18.6 Å². The number of ether oxygens (including phenoxy) is 2. The van der Waals surface area contributed by atoms with Crippen LogP contribution in [-0.2, 0) is 35.1 Å². The lowest BCUT2D eigenvalue weighted by Crippen LogP contribution is -2.58. The largest absolute Gasteiger partial charge is 0.465 e. The number of aromatic nitrogens is 1. The number of amides is 3. The summed E-state index contributed by atoms with van der Waals surface area (Å²) in [5, 5.41) is 18.3. The Bertz CT molecular complexity index is 1390. The zero-order valence-electron chi connectivity index (χ0n) is 23.6. The molecule has 0 spiro atoms. The van der Waals surface area contributed by atoms with Crippen molar-refractivity contribution in [3.05, 3.63) is 71.9 Å². The van der Waals surface area contributed by atoms with Gasteiger partial charge in [-0.25, -0.2) is 4.79 Å². The number of H-pyrrole nitrogens is 1. The second-order valence-electron chi connectivity index (χ2n) is 9.94. The standard InChI is InChI=1S/C30H36N4O8/c1-3-9-26(36)41-19-42-27(37)15-14-25(35)33-24(20-10-5-4-6-11-20)18-32-28(38)30(2,34-29(39)40)16-21-17-31-23-13-8-7-12-22(21)23/h4-8,10-13,17,24,31,34H,3,9,14-16,18-19H2,1-2H3,(H,32,38)(H,33,35)(H,39,40). The number of fused-ring (bicyclic) bond motifs is 1. The van der Waals surface area contributed by atoms with Gasteiger partial charge in [0, 0.05) is 42.9 Å². The van der Waals surface area contributed by atoms with Gasteiger partial charge in [0.1, 0.15) is 5.54 Å². The molecule has 2 aromatic carbocycles. The first-order chi connectivity index (χ1) is 20.1. The summed E-state index contributed by atoms with van der Waals surface area (Å²) in [4.78, 5) is 64.2. The first-order valence-electron chi connectivity index (χ1n) is 13.6. The van der Waals surface area contributed by atoms with E-state index >= 15 is 0 Å². The summed E-state index contributed by atoms with van der Waals surface area (Å²) in [5.74, 6) is -2.23. The number of carbonyl (C=O) groups is 5. The summed E-state index contributed by atoms with van der Waals surface area (Å²) in [5.41, 5.74) is 0.795. The van der Waals surface area contributed by atoms with Gasteiger partial charge in [0.25, 0.3) is 0 Å². The summed E-state index contributed by atoms with van der Waals surface area (Å²) in [7, 11) is 0. The molecule has 1 heterocycles. The highest BCUT2D eigenvalue weighted by atomic mass is 16.7. The van der Waals surface area contributed by atoms with E-state index in [9.17, 15) is 29.1 Å². The predicted octanol–water partition coefficient (Wildman–Crippen LogP) is 3.33. The number of hydrogen-bond acceptors (Lipinski definition) is 7. The summed E-state index contributed by atoms with van der Waals surface area (Å²) in [6.45, 7) is 2.76. The third kappa shape index (κ3) is 9.36. The number of para-hydroxylation sites is 1. The van der Waals surface area contributed by atoms with Gasteiger partial charge in [-0.1, -0.05) is 55.5 Å². The highest BCUT2D eigenvalue weighted by Gasteiger charge is 2.36. The topological polar surface area (TPSA) is 176 Å². The molecule has 3 amide bonds. The van der Waals surface area contributed by atoms with Gasteiger partial charge >= 0.3 is 18.0 Å². The molecule has 3 aromatic rings. The minimum atomic E-state index is -1.52. The van der Waals surface area contributed by atoms with Crippen molar-refractivity contribution in [2.45, 2.75) is 57.5 Å². The molecule has 42 heavy (non-hydrogen) atoms. The van der Waals surface area contributed by atoms with E-state index in [2.05, 4.69) is 20.9 Å². The van der Waals surface area contributed by atoms with E-state index in [-0.39, 0.29) is 32.2 Å². The van der Waals surface area contributed by atoms with Crippen LogP contribution in [0, 0.1) is 0 Å². The highest BCUT2D eigenvalue weighted by Crippen LogP contribution is 2.23. The Balaban J connectivity index is 1.63. The molecule has 2 atom stereocenters. The van der Waals surface area contributed by atoms with Crippen molar-refractivity contribution in [1.82, 2.24) is 20.9 Å². The Hall–Kier alpha value is -4.87. The molecule has 3 rings (SSSR count). The molecule has 0 fully saturated rings. The van der Waals surface area contributed by atoms with Crippen LogP contribution in [0.1, 0.15) is 56.7 Å². The van der Waals surface area contributed by atoms with Crippen LogP contribution in [0.25, 0.3) is 10.9 Å². The normalized spacial score (nSPS) is 12.9. The Morgan fingerprint density at radius 3 is 2.29 bits per heavy atom. The third-order valence-corrected chi connectivity index (χ3v) is 6.56. The van der Waals surface area contributed by atoms with Gasteiger partial charge in [-0.05, 0) is 30.5 Å². The number of aromatic amines is 1. The Kier molecular flexibility index (Phi) is 11.5. The number of rotatable bonds is 15. The van der Waals surface area contributed by atoms with Gasteiger partial charge in [0.05, 0.1) is 12.5 Å². The maximum absolute atomic E-state index is 13.4. The van der Waals surface area contributed by atoms with E-state index in [4.69, 9.17) is 9.47 Å². The molecule has 2 unspecified atom stereocenters. The minimum absolute atomic E-state index is 0.0445. The molecule has 0 aliphatic heterocycles. The van der Waals surface area contributed by atoms with Crippen LogP contribution in [0.2, 0.25) is 0 Å². The zero-order chi connectivity index (χ0) is 30.5. The average Bonchev–Trinajstić information content (AvgIpc) is 3.36. The Morgan fingerprint density at radius 2 is 1.60 bits per heavy atom. The molecule has 0 bridgehead atoms. The van der Waals surface area contributed by atoms with Crippen LogP contribution >= 0.6 is 0 Å². The lowest BCUT2D eigenvalue weighted by Gasteiger charge is -2.29. The fraction of sp³-hybridized carbons (Fsp3) is 0.367. The van der Waals surface area contributed by atoms with E-state index in [0.29, 0.717) is 12.0 Å². The van der Waals surface area contributed by atoms with Gasteiger partial charge < -0.3 is 35.5 Å². The first kappa shape index (κ1) is 31.7. The number of benzene rings is 2. The van der Waals surface area contributed by atoms with Gasteiger partial charge in [-0.3, -0.25) is 19.2 Å². The van der Waals surface area contributed by atoms with Crippen molar-refractivity contribution >= 4 is 40.7 Å². The summed E-state index contributed by atoms with van der Waals surface area (Å²) >= 11 is 0. The number of hydrogen-bond donors (Lipinski definition) is 5. The van der Waals surface area contributed by atoms with Crippen LogP contribution in [-0.4, -0.2) is 58.8 Å². The van der Waals surface area contributed by atoms with Crippen LogP contribution < -0.4 is 16.0 Å². The fourth-order valence-electron chi connectivity index (χ4n) is 4.39. The molecule has 0 aliphatic rings. The number of nitrogens with one attached hydrogen (secondary N) is 4. The van der Waals surface area contributed by atoms with Crippen LogP contribution in [0.5, 0.6) is 0 Å². The maximum atomic E-state index is 13.4.